The molecule has 0 spiro atoms. The lowest BCUT2D eigenvalue weighted by molar-refractivity contribution is 0.0640. The number of ether oxygens (including phenoxy) is 3. The standard InChI is InChI=1S/C23H26BrClF4N4O4/c24-15-16(25)19(36-9-13(20(28)29)30-12-2-5-35-8-12)14-18(17(15)27)31-22(32-21(14)34)37-10-23-3-1-4-33(23)7-11(26)6-23/h11-13,20,30H,1-10H2,(H,31,32,34)/t11-,12?,13?,23+/m1/s1. The number of H-pyrrole nitrogens is 1. The van der Waals surface area contributed by atoms with Crippen LogP contribution in [0.2, 0.25) is 5.02 Å². The largest absolute Gasteiger partial charge is 0.489 e. The molecule has 1 aromatic carbocycles. The average molecular weight is 614 g/mol. The van der Waals surface area contributed by atoms with Crippen molar-refractivity contribution in [3.05, 3.63) is 25.7 Å². The molecule has 3 aliphatic rings. The van der Waals surface area contributed by atoms with Crippen LogP contribution in [-0.2, 0) is 4.74 Å². The number of nitrogens with one attached hydrogen (secondary N) is 2. The molecule has 0 radical (unpaired) electrons. The van der Waals surface area contributed by atoms with Crippen LogP contribution in [0.5, 0.6) is 11.8 Å². The molecule has 0 aliphatic carbocycles. The van der Waals surface area contributed by atoms with Crippen molar-refractivity contribution in [1.82, 2.24) is 20.2 Å². The van der Waals surface area contributed by atoms with Crippen molar-refractivity contribution in [2.45, 2.75) is 55.9 Å². The SMILES string of the molecule is O=c1[nH]c(OC[C@@]23CCCN2C[C@H](F)C3)nc2c(F)c(Br)c(Cl)c(OCC(NC3CCOC3)C(F)F)c12. The molecule has 3 aliphatic heterocycles. The number of benzene rings is 1. The fourth-order valence-electron chi connectivity index (χ4n) is 5.42. The van der Waals surface area contributed by atoms with Crippen LogP contribution in [-0.4, -0.2) is 84.6 Å². The van der Waals surface area contributed by atoms with Gasteiger partial charge in [-0.25, -0.2) is 17.6 Å². The summed E-state index contributed by atoms with van der Waals surface area (Å²) in [4.78, 5) is 21.6. The molecule has 204 valence electrons. The van der Waals surface area contributed by atoms with Gasteiger partial charge in [-0.3, -0.25) is 14.7 Å². The van der Waals surface area contributed by atoms with E-state index >= 15 is 4.39 Å². The number of rotatable bonds is 9. The van der Waals surface area contributed by atoms with E-state index < -0.39 is 47.7 Å². The van der Waals surface area contributed by atoms with Gasteiger partial charge in [0.25, 0.3) is 18.0 Å². The molecular weight excluding hydrogens is 588 g/mol. The number of alkyl halides is 3. The third kappa shape index (κ3) is 5.29. The van der Waals surface area contributed by atoms with E-state index in [9.17, 15) is 18.0 Å². The van der Waals surface area contributed by atoms with Crippen LogP contribution < -0.4 is 20.3 Å². The van der Waals surface area contributed by atoms with Crippen LogP contribution in [0, 0.1) is 5.82 Å². The molecule has 8 nitrogen and oxygen atoms in total. The normalized spacial score (nSPS) is 26.8. The first kappa shape index (κ1) is 26.9. The van der Waals surface area contributed by atoms with Crippen molar-refractivity contribution in [2.75, 3.05) is 39.5 Å². The van der Waals surface area contributed by atoms with Crippen LogP contribution in [0.1, 0.15) is 25.7 Å². The highest BCUT2D eigenvalue weighted by Crippen LogP contribution is 2.42. The molecule has 3 saturated heterocycles. The monoisotopic (exact) mass is 612 g/mol. The van der Waals surface area contributed by atoms with E-state index in [-0.39, 0.29) is 39.3 Å². The Morgan fingerprint density at radius 2 is 2.19 bits per heavy atom. The molecule has 0 amide bonds. The highest BCUT2D eigenvalue weighted by molar-refractivity contribution is 9.10. The molecule has 5 rings (SSSR count). The topological polar surface area (TPSA) is 88.7 Å². The number of nitrogens with zero attached hydrogens (tertiary/aromatic N) is 2. The second-order valence-electron chi connectivity index (χ2n) is 9.71. The highest BCUT2D eigenvalue weighted by Gasteiger charge is 2.49. The Bertz CT molecular complexity index is 1220. The van der Waals surface area contributed by atoms with Gasteiger partial charge in [-0.15, -0.1) is 0 Å². The predicted octanol–water partition coefficient (Wildman–Crippen LogP) is 3.82. The summed E-state index contributed by atoms with van der Waals surface area (Å²) in [6.45, 7) is 1.39. The maximum absolute atomic E-state index is 15.1. The summed E-state index contributed by atoms with van der Waals surface area (Å²) >= 11 is 9.28. The van der Waals surface area contributed by atoms with E-state index in [2.05, 4.69) is 31.2 Å². The number of aromatic nitrogens is 2. The molecule has 1 aromatic heterocycles. The van der Waals surface area contributed by atoms with Crippen molar-refractivity contribution in [3.8, 4) is 11.8 Å². The summed E-state index contributed by atoms with van der Waals surface area (Å²) in [5.74, 6) is -1.21. The fourth-order valence-corrected chi connectivity index (χ4v) is 6.02. The van der Waals surface area contributed by atoms with Crippen molar-refractivity contribution in [1.29, 1.82) is 0 Å². The Balaban J connectivity index is 1.40. The van der Waals surface area contributed by atoms with Gasteiger partial charge in [0.2, 0.25) is 0 Å². The van der Waals surface area contributed by atoms with E-state index in [1.165, 1.54) is 0 Å². The highest BCUT2D eigenvalue weighted by atomic mass is 79.9. The van der Waals surface area contributed by atoms with Crippen LogP contribution in [0.4, 0.5) is 17.6 Å². The minimum atomic E-state index is -2.78. The van der Waals surface area contributed by atoms with Crippen LogP contribution in [0.15, 0.2) is 9.27 Å². The second-order valence-corrected chi connectivity index (χ2v) is 10.9. The summed E-state index contributed by atoms with van der Waals surface area (Å²) in [6, 6.07) is -1.88. The lowest BCUT2D eigenvalue weighted by Gasteiger charge is -2.30. The van der Waals surface area contributed by atoms with Gasteiger partial charge in [-0.2, -0.15) is 4.98 Å². The van der Waals surface area contributed by atoms with E-state index in [1.54, 1.807) is 0 Å². The Hall–Kier alpha value is -1.67. The molecule has 4 atom stereocenters. The van der Waals surface area contributed by atoms with Gasteiger partial charge >= 0.3 is 0 Å². The minimum Gasteiger partial charge on any atom is -0.489 e. The zero-order valence-corrected chi connectivity index (χ0v) is 22.0. The first-order chi connectivity index (χ1) is 17.7. The molecule has 0 bridgehead atoms. The van der Waals surface area contributed by atoms with Crippen molar-refractivity contribution in [2.24, 2.45) is 0 Å². The smallest absolute Gasteiger partial charge is 0.297 e. The molecule has 2 aromatic rings. The average Bonchev–Trinajstić information content (AvgIpc) is 3.57. The first-order valence-electron chi connectivity index (χ1n) is 12.1. The molecule has 2 unspecified atom stereocenters. The zero-order valence-electron chi connectivity index (χ0n) is 19.7. The van der Waals surface area contributed by atoms with Gasteiger partial charge in [0.05, 0.1) is 16.6 Å². The predicted molar refractivity (Wildman–Crippen MR) is 131 cm³/mol. The van der Waals surface area contributed by atoms with Crippen molar-refractivity contribution >= 4 is 38.4 Å². The summed E-state index contributed by atoms with van der Waals surface area (Å²) < 4.78 is 72.8. The Labute approximate surface area is 223 Å². The van der Waals surface area contributed by atoms with E-state index in [0.717, 1.165) is 19.4 Å². The second kappa shape index (κ2) is 10.8. The Kier molecular flexibility index (Phi) is 7.88. The number of halogens is 6. The fraction of sp³-hybridized carbons (Fsp3) is 0.652. The van der Waals surface area contributed by atoms with Crippen LogP contribution in [0.25, 0.3) is 10.9 Å². The van der Waals surface area contributed by atoms with E-state index in [1.807, 2.05) is 4.90 Å². The third-order valence-corrected chi connectivity index (χ3v) is 8.58. The summed E-state index contributed by atoms with van der Waals surface area (Å²) in [5, 5.41) is 2.16. The summed E-state index contributed by atoms with van der Waals surface area (Å²) in [7, 11) is 0. The van der Waals surface area contributed by atoms with Crippen molar-refractivity contribution in [3.63, 3.8) is 0 Å². The number of fused-ring (bicyclic) bond motifs is 2. The van der Waals surface area contributed by atoms with Crippen LogP contribution >= 0.6 is 27.5 Å². The van der Waals surface area contributed by atoms with Gasteiger partial charge in [-0.1, -0.05) is 11.6 Å². The van der Waals surface area contributed by atoms with Crippen molar-refractivity contribution < 1.29 is 31.8 Å². The lowest BCUT2D eigenvalue weighted by atomic mass is 9.95. The quantitative estimate of drug-likeness (QED) is 0.329. The van der Waals surface area contributed by atoms with Gasteiger partial charge < -0.3 is 19.5 Å². The van der Waals surface area contributed by atoms with Gasteiger partial charge in [0.1, 0.15) is 41.4 Å². The van der Waals surface area contributed by atoms with Gasteiger partial charge in [0, 0.05) is 25.6 Å². The van der Waals surface area contributed by atoms with Gasteiger partial charge in [0.15, 0.2) is 11.6 Å². The number of hydrogen-bond donors (Lipinski definition) is 2. The Morgan fingerprint density at radius 3 is 2.92 bits per heavy atom. The van der Waals surface area contributed by atoms with Crippen LogP contribution in [0.3, 0.4) is 0 Å². The number of hydrogen-bond acceptors (Lipinski definition) is 7. The molecule has 4 heterocycles. The maximum Gasteiger partial charge on any atom is 0.297 e. The molecule has 37 heavy (non-hydrogen) atoms. The summed E-state index contributed by atoms with van der Waals surface area (Å²) in [6.07, 6.45) is -1.21. The molecule has 3 fully saturated rings. The lowest BCUT2D eigenvalue weighted by Crippen LogP contribution is -2.46. The Morgan fingerprint density at radius 1 is 1.38 bits per heavy atom. The molecule has 14 heteroatoms. The third-order valence-electron chi connectivity index (χ3n) is 7.25. The maximum atomic E-state index is 15.1. The van der Waals surface area contributed by atoms with E-state index in [4.69, 9.17) is 25.8 Å². The molecule has 2 N–H and O–H groups in total. The van der Waals surface area contributed by atoms with E-state index in [0.29, 0.717) is 32.6 Å². The number of aromatic amines is 1. The first-order valence-corrected chi connectivity index (χ1v) is 13.2. The zero-order chi connectivity index (χ0) is 26.3. The minimum absolute atomic E-state index is 0.0776. The molecular formula is C23H26BrClF4N4O4. The molecule has 0 saturated carbocycles. The summed E-state index contributed by atoms with van der Waals surface area (Å²) in [5.41, 5.74) is -1.71. The van der Waals surface area contributed by atoms with Gasteiger partial charge in [-0.05, 0) is 41.7 Å².